The molecule has 0 radical (unpaired) electrons. The Labute approximate surface area is 141 Å². The molecular formula is C18H21N5O. The van der Waals surface area contributed by atoms with Gasteiger partial charge in [0.15, 0.2) is 0 Å². The zero-order valence-corrected chi connectivity index (χ0v) is 13.8. The van der Waals surface area contributed by atoms with Crippen LogP contribution >= 0.6 is 0 Å². The number of aryl methyl sites for hydroxylation is 1. The van der Waals surface area contributed by atoms with Gasteiger partial charge in [-0.1, -0.05) is 35.1 Å². The van der Waals surface area contributed by atoms with Crippen LogP contribution in [0, 0.1) is 11.8 Å². The van der Waals surface area contributed by atoms with E-state index in [0.717, 1.165) is 38.4 Å². The molecule has 1 aliphatic rings. The van der Waals surface area contributed by atoms with E-state index in [1.807, 2.05) is 5.01 Å². The Hall–Kier alpha value is -2.60. The Balaban J connectivity index is 1.49. The second-order valence-corrected chi connectivity index (χ2v) is 6.02. The summed E-state index contributed by atoms with van der Waals surface area (Å²) in [6, 6.07) is 15.4. The normalized spacial score (nSPS) is 15.8. The van der Waals surface area contributed by atoms with Crippen LogP contribution in [0.3, 0.4) is 0 Å². The first-order valence-electron chi connectivity index (χ1n) is 8.11. The zero-order chi connectivity index (χ0) is 16.8. The summed E-state index contributed by atoms with van der Waals surface area (Å²) in [5.74, 6) is 0. The largest absolute Gasteiger partial charge is 0.295 e. The standard InChI is InChI=1S/C18H21N5O/c1-15-3-2-4-16(13-15)14-22-9-11-23(12-10-22)21-19-17-5-7-18(20-24)8-6-17/h2-8,13H,9-12,14H2,1H3. The minimum absolute atomic E-state index is 0.402. The Morgan fingerprint density at radius 1 is 0.958 bits per heavy atom. The van der Waals surface area contributed by atoms with Crippen LogP contribution < -0.4 is 0 Å². The van der Waals surface area contributed by atoms with Crippen LogP contribution in [0.5, 0.6) is 0 Å². The van der Waals surface area contributed by atoms with Crippen molar-refractivity contribution in [1.29, 1.82) is 0 Å². The van der Waals surface area contributed by atoms with E-state index in [9.17, 15) is 4.91 Å². The van der Waals surface area contributed by atoms with Crippen molar-refractivity contribution in [2.24, 2.45) is 15.5 Å². The lowest BCUT2D eigenvalue weighted by Crippen LogP contribution is -2.43. The predicted octanol–water partition coefficient (Wildman–Crippen LogP) is 4.21. The van der Waals surface area contributed by atoms with E-state index in [4.69, 9.17) is 0 Å². The van der Waals surface area contributed by atoms with Crippen molar-refractivity contribution in [3.63, 3.8) is 0 Å². The van der Waals surface area contributed by atoms with Gasteiger partial charge in [0.2, 0.25) is 0 Å². The van der Waals surface area contributed by atoms with E-state index in [0.29, 0.717) is 5.69 Å². The lowest BCUT2D eigenvalue weighted by atomic mass is 10.1. The van der Waals surface area contributed by atoms with Crippen LogP contribution in [-0.4, -0.2) is 36.1 Å². The molecule has 2 aromatic carbocycles. The molecule has 0 amide bonds. The number of benzene rings is 2. The van der Waals surface area contributed by atoms with Gasteiger partial charge in [-0.3, -0.25) is 9.91 Å². The molecule has 24 heavy (non-hydrogen) atoms. The monoisotopic (exact) mass is 323 g/mol. The van der Waals surface area contributed by atoms with Crippen molar-refractivity contribution in [1.82, 2.24) is 9.91 Å². The number of nitroso groups, excluding NO2 is 1. The highest BCUT2D eigenvalue weighted by molar-refractivity contribution is 5.46. The van der Waals surface area contributed by atoms with E-state index in [-0.39, 0.29) is 0 Å². The molecule has 0 N–H and O–H groups in total. The van der Waals surface area contributed by atoms with Crippen molar-refractivity contribution in [2.45, 2.75) is 13.5 Å². The van der Waals surface area contributed by atoms with E-state index >= 15 is 0 Å². The lowest BCUT2D eigenvalue weighted by Gasteiger charge is -2.32. The molecule has 6 nitrogen and oxygen atoms in total. The van der Waals surface area contributed by atoms with Gasteiger partial charge < -0.3 is 0 Å². The third kappa shape index (κ3) is 4.45. The van der Waals surface area contributed by atoms with Gasteiger partial charge in [-0.25, -0.2) is 0 Å². The molecule has 0 unspecified atom stereocenters. The van der Waals surface area contributed by atoms with Gasteiger partial charge in [-0.2, -0.15) is 0 Å². The Kier molecular flexibility index (Phi) is 5.28. The molecule has 0 bridgehead atoms. The van der Waals surface area contributed by atoms with Gasteiger partial charge in [0.05, 0.1) is 18.8 Å². The Bertz CT molecular complexity index is 706. The average molecular weight is 323 g/mol. The summed E-state index contributed by atoms with van der Waals surface area (Å²) in [5, 5.41) is 13.4. The summed E-state index contributed by atoms with van der Waals surface area (Å²) in [6.45, 7) is 6.78. The lowest BCUT2D eigenvalue weighted by molar-refractivity contribution is 0.124. The molecule has 0 aliphatic carbocycles. The molecule has 1 aliphatic heterocycles. The van der Waals surface area contributed by atoms with Gasteiger partial charge in [-0.05, 0) is 41.9 Å². The molecule has 0 spiro atoms. The molecule has 0 aromatic heterocycles. The molecular weight excluding hydrogens is 302 g/mol. The summed E-state index contributed by atoms with van der Waals surface area (Å²) in [4.78, 5) is 12.8. The van der Waals surface area contributed by atoms with Crippen molar-refractivity contribution in [3.05, 3.63) is 64.6 Å². The minimum atomic E-state index is 0.402. The third-order valence-corrected chi connectivity index (χ3v) is 4.08. The number of rotatable bonds is 5. The van der Waals surface area contributed by atoms with Crippen LogP contribution in [0.25, 0.3) is 0 Å². The van der Waals surface area contributed by atoms with Crippen LogP contribution in [0.1, 0.15) is 11.1 Å². The Morgan fingerprint density at radius 2 is 1.67 bits per heavy atom. The molecule has 1 saturated heterocycles. The van der Waals surface area contributed by atoms with Crippen LogP contribution in [0.15, 0.2) is 64.0 Å². The summed E-state index contributed by atoms with van der Waals surface area (Å²) < 4.78 is 0. The molecule has 0 atom stereocenters. The van der Waals surface area contributed by atoms with Gasteiger partial charge in [0.25, 0.3) is 0 Å². The average Bonchev–Trinajstić information content (AvgIpc) is 2.62. The number of hydrogen-bond acceptors (Lipinski definition) is 5. The highest BCUT2D eigenvalue weighted by Crippen LogP contribution is 2.19. The molecule has 124 valence electrons. The van der Waals surface area contributed by atoms with Gasteiger partial charge >= 0.3 is 0 Å². The van der Waals surface area contributed by atoms with Gasteiger partial charge in [0, 0.05) is 19.6 Å². The number of piperazine rings is 1. The first-order chi connectivity index (χ1) is 11.7. The number of hydrogen-bond donors (Lipinski definition) is 0. The van der Waals surface area contributed by atoms with Crippen molar-refractivity contribution >= 4 is 11.4 Å². The molecule has 0 saturated carbocycles. The van der Waals surface area contributed by atoms with E-state index in [1.54, 1.807) is 24.3 Å². The van der Waals surface area contributed by atoms with Crippen molar-refractivity contribution < 1.29 is 0 Å². The zero-order valence-electron chi connectivity index (χ0n) is 13.8. The maximum absolute atomic E-state index is 10.4. The van der Waals surface area contributed by atoms with E-state index in [1.165, 1.54) is 11.1 Å². The summed E-state index contributed by atoms with van der Waals surface area (Å²) >= 11 is 0. The summed E-state index contributed by atoms with van der Waals surface area (Å²) in [5.41, 5.74) is 3.79. The van der Waals surface area contributed by atoms with Gasteiger partial charge in [0.1, 0.15) is 5.69 Å². The maximum Gasteiger partial charge on any atom is 0.108 e. The smallest absolute Gasteiger partial charge is 0.108 e. The van der Waals surface area contributed by atoms with Crippen LogP contribution in [0.4, 0.5) is 11.4 Å². The predicted molar refractivity (Wildman–Crippen MR) is 94.4 cm³/mol. The summed E-state index contributed by atoms with van der Waals surface area (Å²) in [6.07, 6.45) is 0. The van der Waals surface area contributed by atoms with Crippen LogP contribution in [-0.2, 0) is 6.54 Å². The molecule has 1 heterocycles. The molecule has 2 aromatic rings. The fourth-order valence-corrected chi connectivity index (χ4v) is 2.75. The van der Waals surface area contributed by atoms with Crippen molar-refractivity contribution in [3.8, 4) is 0 Å². The Morgan fingerprint density at radius 3 is 2.33 bits per heavy atom. The maximum atomic E-state index is 10.4. The summed E-state index contributed by atoms with van der Waals surface area (Å²) in [7, 11) is 0. The molecule has 3 rings (SSSR count). The second kappa shape index (κ2) is 7.79. The fourth-order valence-electron chi connectivity index (χ4n) is 2.75. The van der Waals surface area contributed by atoms with E-state index in [2.05, 4.69) is 51.6 Å². The fraction of sp³-hybridized carbons (Fsp3) is 0.333. The molecule has 1 fully saturated rings. The molecule has 6 heteroatoms. The number of nitrogens with zero attached hydrogens (tertiary/aromatic N) is 5. The minimum Gasteiger partial charge on any atom is -0.295 e. The highest BCUT2D eigenvalue weighted by atomic mass is 16.3. The van der Waals surface area contributed by atoms with Crippen LogP contribution in [0.2, 0.25) is 0 Å². The van der Waals surface area contributed by atoms with E-state index < -0.39 is 0 Å². The first kappa shape index (κ1) is 16.3. The topological polar surface area (TPSA) is 60.6 Å². The quantitative estimate of drug-likeness (QED) is 0.611. The second-order valence-electron chi connectivity index (χ2n) is 6.02. The SMILES string of the molecule is Cc1cccc(CN2CCN(N=Nc3ccc(N=O)cc3)CC2)c1. The van der Waals surface area contributed by atoms with Crippen molar-refractivity contribution in [2.75, 3.05) is 26.2 Å². The third-order valence-electron chi connectivity index (χ3n) is 4.08. The highest BCUT2D eigenvalue weighted by Gasteiger charge is 2.15. The van der Waals surface area contributed by atoms with Gasteiger partial charge in [-0.15, -0.1) is 10.0 Å². The first-order valence-corrected chi connectivity index (χ1v) is 8.11.